The van der Waals surface area contributed by atoms with E-state index in [1.54, 1.807) is 0 Å². The van der Waals surface area contributed by atoms with Crippen LogP contribution in [0, 0.1) is 0 Å². The molecule has 0 unspecified atom stereocenters. The molecule has 0 saturated heterocycles. The largest absolute Gasteiger partial charge is 0.398 e. The molecule has 0 heterocycles. The third kappa shape index (κ3) is 3.39. The van der Waals surface area contributed by atoms with Crippen LogP contribution >= 0.6 is 0 Å². The lowest BCUT2D eigenvalue weighted by Gasteiger charge is -2.33. The van der Waals surface area contributed by atoms with E-state index in [2.05, 4.69) is 26.0 Å². The zero-order chi connectivity index (χ0) is 13.6. The maximum Gasteiger partial charge on any atom is 0.398 e. The summed E-state index contributed by atoms with van der Waals surface area (Å²) >= 11 is 0. The van der Waals surface area contributed by atoms with E-state index in [4.69, 9.17) is 8.85 Å². The van der Waals surface area contributed by atoms with Gasteiger partial charge in [-0.25, -0.2) is 0 Å². The second kappa shape index (κ2) is 7.41. The second-order valence-corrected chi connectivity index (χ2v) is 8.65. The van der Waals surface area contributed by atoms with Crippen molar-refractivity contribution in [2.45, 2.75) is 65.2 Å². The lowest BCUT2D eigenvalue weighted by Crippen LogP contribution is -2.47. The minimum absolute atomic E-state index is 0.838. The van der Waals surface area contributed by atoms with Gasteiger partial charge in [0.1, 0.15) is 0 Å². The average molecular weight is 280 g/mol. The van der Waals surface area contributed by atoms with Crippen molar-refractivity contribution in [1.82, 2.24) is 0 Å². The van der Waals surface area contributed by atoms with E-state index in [0.717, 1.165) is 26.1 Å². The molecule has 0 N–H and O–H groups in total. The molecule has 0 bridgehead atoms. The molecule has 0 radical (unpaired) electrons. The van der Waals surface area contributed by atoms with Gasteiger partial charge in [-0.3, -0.25) is 0 Å². The van der Waals surface area contributed by atoms with Gasteiger partial charge in [-0.2, -0.15) is 0 Å². The maximum absolute atomic E-state index is 6.43. The Hall–Kier alpha value is -0.383. The first kappa shape index (κ1) is 15.0. The molecule has 2 rings (SSSR count). The summed E-state index contributed by atoms with van der Waals surface area (Å²) in [6.45, 7) is 6.05. The molecule has 0 amide bonds. The van der Waals surface area contributed by atoms with E-state index in [9.17, 15) is 0 Å². The van der Waals surface area contributed by atoms with Crippen LogP contribution in [0.2, 0.25) is 0 Å². The smallest absolute Gasteiger partial charge is 0.388 e. The molecule has 0 atom stereocenters. The van der Waals surface area contributed by atoms with Crippen molar-refractivity contribution < 1.29 is 8.85 Å². The molecule has 108 valence electrons. The Morgan fingerprint density at radius 1 is 0.895 bits per heavy atom. The van der Waals surface area contributed by atoms with E-state index in [1.165, 1.54) is 48.9 Å². The summed E-state index contributed by atoms with van der Waals surface area (Å²) in [4.78, 5) is 0. The highest BCUT2D eigenvalue weighted by molar-refractivity contribution is 6.82. The van der Waals surface area contributed by atoms with Crippen molar-refractivity contribution in [3.63, 3.8) is 0 Å². The maximum atomic E-state index is 6.43. The summed E-state index contributed by atoms with van der Waals surface area (Å²) in [5.74, 6) is 0. The number of hydrogen-bond donors (Lipinski definition) is 0. The summed E-state index contributed by atoms with van der Waals surface area (Å²) < 4.78 is 12.9. The van der Waals surface area contributed by atoms with Gasteiger partial charge in [0.2, 0.25) is 0 Å². The van der Waals surface area contributed by atoms with E-state index in [-0.39, 0.29) is 0 Å². The van der Waals surface area contributed by atoms with Gasteiger partial charge in [0, 0.05) is 13.2 Å². The first-order chi connectivity index (χ1) is 9.33. The van der Waals surface area contributed by atoms with Crippen molar-refractivity contribution in [3.05, 3.63) is 22.5 Å². The molecule has 0 fully saturated rings. The fraction of sp³-hybridized carbons (Fsp3) is 0.750. The zero-order valence-corrected chi connectivity index (χ0v) is 13.5. The predicted molar refractivity (Wildman–Crippen MR) is 82.1 cm³/mol. The van der Waals surface area contributed by atoms with Crippen LogP contribution in [0.5, 0.6) is 0 Å². The summed E-state index contributed by atoms with van der Waals surface area (Å²) in [6.07, 6.45) is 14.3. The van der Waals surface area contributed by atoms with Crippen molar-refractivity contribution in [3.8, 4) is 0 Å². The molecule has 2 aliphatic carbocycles. The van der Waals surface area contributed by atoms with E-state index in [0.29, 0.717) is 0 Å². The second-order valence-electron chi connectivity index (χ2n) is 5.56. The Bertz CT molecular complexity index is 313. The molecular weight excluding hydrogens is 252 g/mol. The lowest BCUT2D eigenvalue weighted by molar-refractivity contribution is 0.182. The highest BCUT2D eigenvalue weighted by atomic mass is 28.4. The normalized spacial score (nSPS) is 19.7. The van der Waals surface area contributed by atoms with Gasteiger partial charge in [-0.05, 0) is 61.8 Å². The predicted octanol–water partition coefficient (Wildman–Crippen LogP) is 4.58. The molecule has 0 aliphatic heterocycles. The molecule has 2 aliphatic rings. The van der Waals surface area contributed by atoms with Crippen molar-refractivity contribution >= 4 is 8.56 Å². The summed E-state index contributed by atoms with van der Waals surface area (Å²) in [7, 11) is -2.25. The Morgan fingerprint density at radius 3 is 1.68 bits per heavy atom. The standard InChI is InChI=1S/C16H28O2Si/c1-3-13-17-19(18-14-4-2,15-9-5-6-10-15)16-11-7-8-12-16/h9,11H,3-8,10,12-14H2,1-2H3. The van der Waals surface area contributed by atoms with Crippen molar-refractivity contribution in [1.29, 1.82) is 0 Å². The van der Waals surface area contributed by atoms with Gasteiger partial charge in [0.05, 0.1) is 0 Å². The molecule has 0 aromatic heterocycles. The van der Waals surface area contributed by atoms with Gasteiger partial charge in [0.15, 0.2) is 0 Å². The Balaban J connectivity index is 2.25. The highest BCUT2D eigenvalue weighted by Crippen LogP contribution is 2.38. The highest BCUT2D eigenvalue weighted by Gasteiger charge is 2.46. The number of rotatable bonds is 8. The third-order valence-electron chi connectivity index (χ3n) is 3.95. The number of allylic oxidation sites excluding steroid dienone is 4. The molecule has 19 heavy (non-hydrogen) atoms. The summed E-state index contributed by atoms with van der Waals surface area (Å²) in [6, 6.07) is 0. The molecule has 0 aromatic rings. The number of hydrogen-bond acceptors (Lipinski definition) is 2. The van der Waals surface area contributed by atoms with Crippen molar-refractivity contribution in [2.75, 3.05) is 13.2 Å². The van der Waals surface area contributed by atoms with Crippen molar-refractivity contribution in [2.24, 2.45) is 0 Å². The van der Waals surface area contributed by atoms with Crippen LogP contribution in [0.25, 0.3) is 0 Å². The Kier molecular flexibility index (Phi) is 5.86. The molecule has 2 nitrogen and oxygen atoms in total. The van der Waals surface area contributed by atoms with Crippen LogP contribution in [0.4, 0.5) is 0 Å². The SMILES string of the molecule is CCCO[Si](OCCC)(C1=CCCC1)C1=CCCC1. The quantitative estimate of drug-likeness (QED) is 0.606. The summed E-state index contributed by atoms with van der Waals surface area (Å²) in [5, 5.41) is 3.03. The first-order valence-electron chi connectivity index (χ1n) is 8.00. The van der Waals surface area contributed by atoms with Crippen LogP contribution in [0.1, 0.15) is 65.2 Å². The first-order valence-corrected chi connectivity index (χ1v) is 9.82. The zero-order valence-electron chi connectivity index (χ0n) is 12.5. The molecule has 0 aromatic carbocycles. The van der Waals surface area contributed by atoms with Gasteiger partial charge in [-0.1, -0.05) is 26.0 Å². The minimum Gasteiger partial charge on any atom is -0.388 e. The minimum atomic E-state index is -2.25. The molecule has 3 heteroatoms. The fourth-order valence-electron chi connectivity index (χ4n) is 3.05. The Labute approximate surface area is 119 Å². The van der Waals surface area contributed by atoms with Gasteiger partial charge < -0.3 is 8.85 Å². The van der Waals surface area contributed by atoms with E-state index < -0.39 is 8.56 Å². The van der Waals surface area contributed by atoms with Crippen LogP contribution in [-0.2, 0) is 8.85 Å². The monoisotopic (exact) mass is 280 g/mol. The van der Waals surface area contributed by atoms with Crippen LogP contribution < -0.4 is 0 Å². The Morgan fingerprint density at radius 2 is 1.37 bits per heavy atom. The van der Waals surface area contributed by atoms with Gasteiger partial charge >= 0.3 is 8.56 Å². The van der Waals surface area contributed by atoms with E-state index >= 15 is 0 Å². The average Bonchev–Trinajstić information content (AvgIpc) is 3.12. The van der Waals surface area contributed by atoms with Crippen LogP contribution in [0.15, 0.2) is 22.5 Å². The lowest BCUT2D eigenvalue weighted by atomic mass is 10.4. The molecule has 0 spiro atoms. The summed E-state index contributed by atoms with van der Waals surface area (Å²) in [5.41, 5.74) is 0. The van der Waals surface area contributed by atoms with Crippen LogP contribution in [-0.4, -0.2) is 21.8 Å². The van der Waals surface area contributed by atoms with Gasteiger partial charge in [-0.15, -0.1) is 0 Å². The van der Waals surface area contributed by atoms with Crippen LogP contribution in [0.3, 0.4) is 0 Å². The van der Waals surface area contributed by atoms with E-state index in [1.807, 2.05) is 0 Å². The molecule has 0 saturated carbocycles. The topological polar surface area (TPSA) is 18.5 Å². The van der Waals surface area contributed by atoms with Gasteiger partial charge in [0.25, 0.3) is 0 Å². The third-order valence-corrected chi connectivity index (χ3v) is 7.77. The molecular formula is C16H28O2Si. The fourth-order valence-corrected chi connectivity index (χ4v) is 7.11.